The maximum absolute atomic E-state index is 13.8. The van der Waals surface area contributed by atoms with Crippen molar-refractivity contribution in [3.63, 3.8) is 0 Å². The van der Waals surface area contributed by atoms with E-state index in [0.29, 0.717) is 38.5 Å². The number of fused-ring (bicyclic) bond motifs is 1. The fourth-order valence-corrected chi connectivity index (χ4v) is 7.25. The van der Waals surface area contributed by atoms with Crippen molar-refractivity contribution in [3.8, 4) is 11.5 Å². The van der Waals surface area contributed by atoms with Gasteiger partial charge in [0.2, 0.25) is 0 Å². The largest absolute Gasteiger partial charge is 0.496 e. The molecule has 1 unspecified atom stereocenters. The van der Waals surface area contributed by atoms with Crippen LogP contribution in [0.4, 0.5) is 0 Å². The van der Waals surface area contributed by atoms with Gasteiger partial charge in [-0.2, -0.15) is 0 Å². The molecule has 0 saturated carbocycles. The molecule has 192 valence electrons. The number of esters is 1. The Kier molecular flexibility index (Phi) is 8.90. The minimum absolute atomic E-state index is 0.211. The van der Waals surface area contributed by atoms with Gasteiger partial charge in [0.15, 0.2) is 4.80 Å². The average molecular weight is 742 g/mol. The Bertz CT molecular complexity index is 1570. The number of carbonyl (C=O) groups is 1. The maximum atomic E-state index is 13.8. The van der Waals surface area contributed by atoms with Gasteiger partial charge in [-0.15, -0.1) is 0 Å². The Balaban J connectivity index is 1.92. The molecule has 0 radical (unpaired) electrons. The van der Waals surface area contributed by atoms with Gasteiger partial charge in [-0.05, 0) is 88.9 Å². The molecule has 0 N–H and O–H groups in total. The van der Waals surface area contributed by atoms with Crippen LogP contribution in [-0.2, 0) is 9.53 Å². The summed E-state index contributed by atoms with van der Waals surface area (Å²) in [6.07, 6.45) is 3.54. The van der Waals surface area contributed by atoms with Crippen molar-refractivity contribution in [3.05, 3.63) is 98.3 Å². The first kappa shape index (κ1) is 27.6. The van der Waals surface area contributed by atoms with E-state index in [0.717, 1.165) is 18.5 Å². The normalized spacial score (nSPS) is 15.2. The van der Waals surface area contributed by atoms with E-state index in [2.05, 4.69) is 56.8 Å². The van der Waals surface area contributed by atoms with Gasteiger partial charge in [-0.25, -0.2) is 9.79 Å². The zero-order valence-corrected chi connectivity index (χ0v) is 25.5. The Morgan fingerprint density at radius 2 is 1.95 bits per heavy atom. The highest BCUT2D eigenvalue weighted by molar-refractivity contribution is 14.1. The molecule has 1 aliphatic heterocycles. The van der Waals surface area contributed by atoms with Crippen molar-refractivity contribution < 1.29 is 19.0 Å². The van der Waals surface area contributed by atoms with Crippen LogP contribution in [0, 0.1) is 7.14 Å². The molecule has 7 nitrogen and oxygen atoms in total. The van der Waals surface area contributed by atoms with E-state index in [1.807, 2.05) is 42.5 Å². The van der Waals surface area contributed by atoms with Gasteiger partial charge in [0, 0.05) is 5.56 Å². The summed E-state index contributed by atoms with van der Waals surface area (Å²) in [5.41, 5.74) is 2.13. The van der Waals surface area contributed by atoms with Gasteiger partial charge in [0.05, 0.1) is 36.7 Å². The summed E-state index contributed by atoms with van der Waals surface area (Å²) >= 11 is 5.73. The second kappa shape index (κ2) is 11.9. The number of thiazole rings is 1. The minimum atomic E-state index is -0.733. The molecule has 0 saturated heterocycles. The van der Waals surface area contributed by atoms with Gasteiger partial charge in [-0.1, -0.05) is 42.2 Å². The molecule has 0 aliphatic carbocycles. The molecule has 37 heavy (non-hydrogen) atoms. The molecule has 4 rings (SSSR count). The molecule has 3 aromatic rings. The standard InChI is InChI=1S/C27H24I2N2O5S/c1-5-11-36-24-18(28)12-16(13-19(24)29)14-21-25(32)31-23(17-9-7-8-10-20(17)34-4)22(26(33)35-6-2)15(3)30-27(31)37-21/h5,7-10,12-14,23H,1,6,11H2,2-4H3/b21-14-. The smallest absolute Gasteiger partial charge is 0.338 e. The predicted molar refractivity (Wildman–Crippen MR) is 161 cm³/mol. The van der Waals surface area contributed by atoms with Gasteiger partial charge >= 0.3 is 5.97 Å². The van der Waals surface area contributed by atoms with E-state index in [1.54, 1.807) is 31.6 Å². The van der Waals surface area contributed by atoms with Gasteiger partial charge in [0.1, 0.15) is 24.1 Å². The number of allylic oxidation sites excluding steroid dienone is 1. The molecule has 2 heterocycles. The molecule has 0 amide bonds. The molecule has 1 atom stereocenters. The maximum Gasteiger partial charge on any atom is 0.338 e. The number of hydrogen-bond donors (Lipinski definition) is 0. The van der Waals surface area contributed by atoms with E-state index in [9.17, 15) is 9.59 Å². The topological polar surface area (TPSA) is 79.1 Å². The highest BCUT2D eigenvalue weighted by Gasteiger charge is 2.34. The lowest BCUT2D eigenvalue weighted by Gasteiger charge is -2.25. The lowest BCUT2D eigenvalue weighted by atomic mass is 9.95. The molecule has 2 aromatic carbocycles. The summed E-state index contributed by atoms with van der Waals surface area (Å²) in [6.45, 7) is 7.83. The van der Waals surface area contributed by atoms with E-state index in [-0.39, 0.29) is 12.2 Å². The third-order valence-electron chi connectivity index (χ3n) is 5.61. The van der Waals surface area contributed by atoms with Gasteiger partial charge < -0.3 is 14.2 Å². The molecular formula is C27H24I2N2O5S. The number of carbonyl (C=O) groups excluding carboxylic acids is 1. The summed E-state index contributed by atoms with van der Waals surface area (Å²) in [4.78, 5) is 32.1. The van der Waals surface area contributed by atoms with Crippen LogP contribution in [0.25, 0.3) is 6.08 Å². The van der Waals surface area contributed by atoms with Crippen molar-refractivity contribution in [2.75, 3.05) is 20.3 Å². The van der Waals surface area contributed by atoms with Crippen LogP contribution in [0.3, 0.4) is 0 Å². The lowest BCUT2D eigenvalue weighted by molar-refractivity contribution is -0.139. The van der Waals surface area contributed by atoms with Crippen molar-refractivity contribution in [1.82, 2.24) is 4.57 Å². The Morgan fingerprint density at radius 3 is 2.59 bits per heavy atom. The average Bonchev–Trinajstić information content (AvgIpc) is 3.17. The number of benzene rings is 2. The first-order valence-corrected chi connectivity index (χ1v) is 14.3. The molecule has 0 fully saturated rings. The third-order valence-corrected chi connectivity index (χ3v) is 8.20. The fourth-order valence-electron chi connectivity index (χ4n) is 4.07. The molecule has 1 aromatic heterocycles. The van der Waals surface area contributed by atoms with E-state index in [1.165, 1.54) is 11.3 Å². The van der Waals surface area contributed by atoms with Gasteiger partial charge in [0.25, 0.3) is 5.56 Å². The van der Waals surface area contributed by atoms with Crippen LogP contribution in [-0.4, -0.2) is 30.9 Å². The molecule has 10 heteroatoms. The number of para-hydroxylation sites is 1. The highest BCUT2D eigenvalue weighted by atomic mass is 127. The summed E-state index contributed by atoms with van der Waals surface area (Å²) in [5.74, 6) is 0.844. The molecule has 1 aliphatic rings. The van der Waals surface area contributed by atoms with Crippen molar-refractivity contribution >= 4 is 68.6 Å². The van der Waals surface area contributed by atoms with Crippen LogP contribution in [0.5, 0.6) is 11.5 Å². The van der Waals surface area contributed by atoms with Crippen LogP contribution in [0.15, 0.2) is 70.1 Å². The Labute approximate surface area is 245 Å². The van der Waals surface area contributed by atoms with Crippen LogP contribution in [0.2, 0.25) is 0 Å². The molecular weight excluding hydrogens is 718 g/mol. The molecule has 0 spiro atoms. The first-order valence-electron chi connectivity index (χ1n) is 11.4. The Morgan fingerprint density at radius 1 is 1.24 bits per heavy atom. The highest BCUT2D eigenvalue weighted by Crippen LogP contribution is 2.35. The number of nitrogens with zero attached hydrogens (tertiary/aromatic N) is 2. The van der Waals surface area contributed by atoms with Crippen molar-refractivity contribution in [2.45, 2.75) is 19.9 Å². The summed E-state index contributed by atoms with van der Waals surface area (Å²) in [7, 11) is 1.56. The van der Waals surface area contributed by atoms with E-state index in [4.69, 9.17) is 14.2 Å². The summed E-state index contributed by atoms with van der Waals surface area (Å²) < 4.78 is 20.7. The van der Waals surface area contributed by atoms with Crippen LogP contribution in [0.1, 0.15) is 31.0 Å². The van der Waals surface area contributed by atoms with Crippen molar-refractivity contribution in [2.24, 2.45) is 4.99 Å². The van der Waals surface area contributed by atoms with E-state index < -0.39 is 12.0 Å². The minimum Gasteiger partial charge on any atom is -0.496 e. The summed E-state index contributed by atoms with van der Waals surface area (Å²) in [6, 6.07) is 10.6. The number of aromatic nitrogens is 1. The second-order valence-corrected chi connectivity index (χ2v) is 11.3. The zero-order chi connectivity index (χ0) is 26.7. The van der Waals surface area contributed by atoms with Gasteiger partial charge in [-0.3, -0.25) is 9.36 Å². The van der Waals surface area contributed by atoms with E-state index >= 15 is 0 Å². The number of hydrogen-bond acceptors (Lipinski definition) is 7. The SMILES string of the molecule is C=CCOc1c(I)cc(/C=c2\sc3n(c2=O)C(c2ccccc2OC)C(C(=O)OCC)=C(C)N=3)cc1I. The first-order chi connectivity index (χ1) is 17.8. The fraction of sp³-hybridized carbons (Fsp3) is 0.222. The summed E-state index contributed by atoms with van der Waals surface area (Å²) in [5, 5.41) is 0. The zero-order valence-electron chi connectivity index (χ0n) is 20.4. The monoisotopic (exact) mass is 742 g/mol. The Hall–Kier alpha value is -2.45. The lowest BCUT2D eigenvalue weighted by Crippen LogP contribution is -2.40. The second-order valence-electron chi connectivity index (χ2n) is 7.96. The van der Waals surface area contributed by atoms with Crippen LogP contribution < -0.4 is 24.4 Å². The number of rotatable bonds is 8. The predicted octanol–water partition coefficient (Wildman–Crippen LogP) is 4.58. The molecule has 0 bridgehead atoms. The number of halogens is 2. The van der Waals surface area contributed by atoms with Crippen LogP contribution >= 0.6 is 56.5 Å². The van der Waals surface area contributed by atoms with Crippen molar-refractivity contribution in [1.29, 1.82) is 0 Å². The number of methoxy groups -OCH3 is 1. The quantitative estimate of drug-likeness (QED) is 0.192. The number of ether oxygens (including phenoxy) is 3. The third kappa shape index (κ3) is 5.55.